The molecular formula is C18H24N2O6. The number of hydrogen-bond donors (Lipinski definition) is 2. The van der Waals surface area contributed by atoms with Crippen LogP contribution in [0.1, 0.15) is 39.0 Å². The van der Waals surface area contributed by atoms with E-state index in [-0.39, 0.29) is 54.8 Å². The molecule has 142 valence electrons. The summed E-state index contributed by atoms with van der Waals surface area (Å²) in [6, 6.07) is -0.457. The lowest BCUT2D eigenvalue weighted by atomic mass is 9.67. The van der Waals surface area contributed by atoms with Crippen molar-refractivity contribution >= 4 is 23.8 Å². The van der Waals surface area contributed by atoms with Gasteiger partial charge in [-0.2, -0.15) is 0 Å². The molecule has 1 heterocycles. The van der Waals surface area contributed by atoms with Crippen LogP contribution in [0.15, 0.2) is 11.3 Å². The second kappa shape index (κ2) is 7.88. The number of ketones is 1. The van der Waals surface area contributed by atoms with E-state index >= 15 is 0 Å². The number of fused-ring (bicyclic) bond motifs is 2. The maximum Gasteiger partial charge on any atom is 0.337 e. The van der Waals surface area contributed by atoms with Crippen molar-refractivity contribution in [2.75, 3.05) is 19.8 Å². The van der Waals surface area contributed by atoms with Crippen LogP contribution in [0, 0.1) is 17.8 Å². The summed E-state index contributed by atoms with van der Waals surface area (Å²) in [6.07, 6.45) is 3.80. The summed E-state index contributed by atoms with van der Waals surface area (Å²) in [4.78, 5) is 48.1. The Morgan fingerprint density at radius 1 is 1.12 bits per heavy atom. The Balaban J connectivity index is 1.63. The third kappa shape index (κ3) is 3.89. The van der Waals surface area contributed by atoms with Crippen LogP contribution in [-0.4, -0.2) is 43.5 Å². The summed E-state index contributed by atoms with van der Waals surface area (Å²) in [6.45, 7) is 1.73. The monoisotopic (exact) mass is 364 g/mol. The highest BCUT2D eigenvalue weighted by atomic mass is 16.5. The number of carbonyl (C=O) groups is 4. The van der Waals surface area contributed by atoms with Gasteiger partial charge in [0.25, 0.3) is 0 Å². The molecule has 0 aromatic carbocycles. The molecule has 0 spiro atoms. The lowest BCUT2D eigenvalue weighted by Gasteiger charge is -2.36. The minimum atomic E-state index is -0.552. The summed E-state index contributed by atoms with van der Waals surface area (Å²) in [5.41, 5.74) is 0.488. The van der Waals surface area contributed by atoms with Gasteiger partial charge in [0.2, 0.25) is 0 Å². The topological polar surface area (TPSA) is 111 Å². The lowest BCUT2D eigenvalue weighted by molar-refractivity contribution is -0.153. The quantitative estimate of drug-likeness (QED) is 0.706. The standard InChI is InChI=1S/C18H24N2O6/c1-2-25-17(23)13-8-19-18(24)20-14(13)9-26-16(22)12-6-10-4-3-5-11(7-12)15(10)21/h10-12H,2-9H2,1H3,(H2,19,20,24)/t10-,11+,12?. The Morgan fingerprint density at radius 3 is 2.46 bits per heavy atom. The van der Waals surface area contributed by atoms with Crippen LogP contribution in [0.5, 0.6) is 0 Å². The normalized spacial score (nSPS) is 28.1. The van der Waals surface area contributed by atoms with Crippen molar-refractivity contribution in [3.8, 4) is 0 Å². The Morgan fingerprint density at radius 2 is 1.81 bits per heavy atom. The van der Waals surface area contributed by atoms with E-state index in [4.69, 9.17) is 9.47 Å². The van der Waals surface area contributed by atoms with Crippen LogP contribution in [0.2, 0.25) is 0 Å². The second-order valence-corrected chi connectivity index (χ2v) is 6.99. The zero-order chi connectivity index (χ0) is 18.7. The predicted molar refractivity (Wildman–Crippen MR) is 89.7 cm³/mol. The van der Waals surface area contributed by atoms with Gasteiger partial charge in [0, 0.05) is 11.8 Å². The summed E-state index contributed by atoms with van der Waals surface area (Å²) >= 11 is 0. The first-order valence-corrected chi connectivity index (χ1v) is 9.14. The molecule has 2 fully saturated rings. The number of amides is 2. The molecule has 8 nitrogen and oxygen atoms in total. The molecule has 0 radical (unpaired) electrons. The summed E-state index contributed by atoms with van der Waals surface area (Å²) in [5.74, 6) is -1.01. The number of carbonyl (C=O) groups excluding carboxylic acids is 4. The molecule has 8 heteroatoms. The van der Waals surface area contributed by atoms with Crippen LogP contribution >= 0.6 is 0 Å². The maximum absolute atomic E-state index is 12.5. The third-order valence-corrected chi connectivity index (χ3v) is 5.32. The molecule has 2 saturated carbocycles. The summed E-state index contributed by atoms with van der Waals surface area (Å²) < 4.78 is 10.3. The van der Waals surface area contributed by atoms with Crippen molar-refractivity contribution in [3.05, 3.63) is 11.3 Å². The summed E-state index contributed by atoms with van der Waals surface area (Å²) in [5, 5.41) is 5.01. The van der Waals surface area contributed by atoms with Gasteiger partial charge in [0.1, 0.15) is 12.4 Å². The molecule has 1 aliphatic heterocycles. The molecule has 2 aliphatic carbocycles. The smallest absolute Gasteiger partial charge is 0.337 e. The van der Waals surface area contributed by atoms with E-state index in [1.54, 1.807) is 6.92 Å². The molecule has 3 aliphatic rings. The Kier molecular flexibility index (Phi) is 5.58. The number of nitrogens with one attached hydrogen (secondary N) is 2. The minimum Gasteiger partial charge on any atom is -0.463 e. The molecule has 0 aromatic rings. The highest BCUT2D eigenvalue weighted by molar-refractivity contribution is 5.93. The van der Waals surface area contributed by atoms with Crippen molar-refractivity contribution in [2.24, 2.45) is 17.8 Å². The van der Waals surface area contributed by atoms with Crippen molar-refractivity contribution in [2.45, 2.75) is 39.0 Å². The van der Waals surface area contributed by atoms with Gasteiger partial charge in [-0.05, 0) is 32.6 Å². The van der Waals surface area contributed by atoms with Gasteiger partial charge in [-0.15, -0.1) is 0 Å². The molecule has 2 bridgehead atoms. The van der Waals surface area contributed by atoms with E-state index in [0.29, 0.717) is 18.6 Å². The van der Waals surface area contributed by atoms with Crippen LogP contribution in [0.25, 0.3) is 0 Å². The first kappa shape index (κ1) is 18.4. The van der Waals surface area contributed by atoms with E-state index in [2.05, 4.69) is 10.6 Å². The van der Waals surface area contributed by atoms with E-state index in [1.165, 1.54) is 0 Å². The van der Waals surface area contributed by atoms with Gasteiger partial charge < -0.3 is 20.1 Å². The second-order valence-electron chi connectivity index (χ2n) is 6.99. The van der Waals surface area contributed by atoms with E-state index < -0.39 is 12.0 Å². The lowest BCUT2D eigenvalue weighted by Crippen LogP contribution is -2.45. The zero-order valence-electron chi connectivity index (χ0n) is 14.8. The molecule has 0 aromatic heterocycles. The van der Waals surface area contributed by atoms with Crippen LogP contribution < -0.4 is 10.6 Å². The van der Waals surface area contributed by atoms with E-state index in [9.17, 15) is 19.2 Å². The average Bonchev–Trinajstić information content (AvgIpc) is 2.59. The van der Waals surface area contributed by atoms with E-state index in [1.807, 2.05) is 0 Å². The van der Waals surface area contributed by atoms with Gasteiger partial charge in [-0.3, -0.25) is 9.59 Å². The molecule has 0 saturated heterocycles. The molecule has 2 amide bonds. The Bertz CT molecular complexity index is 640. The van der Waals surface area contributed by atoms with Crippen LogP contribution in [-0.2, 0) is 23.9 Å². The van der Waals surface area contributed by atoms with Gasteiger partial charge in [-0.1, -0.05) is 6.42 Å². The SMILES string of the molecule is CCOC(=O)C1=C(COC(=O)C2C[C@H]3CCC[C@@H](C2)C3=O)NC(=O)NC1. The molecule has 1 unspecified atom stereocenters. The molecule has 3 rings (SSSR count). The third-order valence-electron chi connectivity index (χ3n) is 5.32. The van der Waals surface area contributed by atoms with Gasteiger partial charge in [0.15, 0.2) is 0 Å². The van der Waals surface area contributed by atoms with Crippen LogP contribution in [0.4, 0.5) is 4.79 Å². The molecule has 26 heavy (non-hydrogen) atoms. The zero-order valence-corrected chi connectivity index (χ0v) is 14.8. The van der Waals surface area contributed by atoms with E-state index in [0.717, 1.165) is 19.3 Å². The van der Waals surface area contributed by atoms with Crippen molar-refractivity contribution in [1.29, 1.82) is 0 Å². The number of hydrogen-bond acceptors (Lipinski definition) is 6. The number of Topliss-reactive ketones (excluding diaryl/α,β-unsaturated/α-hetero) is 1. The molecular weight excluding hydrogens is 340 g/mol. The van der Waals surface area contributed by atoms with Crippen LogP contribution in [0.3, 0.4) is 0 Å². The first-order valence-electron chi connectivity index (χ1n) is 9.14. The molecule has 3 atom stereocenters. The van der Waals surface area contributed by atoms with Crippen molar-refractivity contribution in [3.63, 3.8) is 0 Å². The summed E-state index contributed by atoms with van der Waals surface area (Å²) in [7, 11) is 0. The highest BCUT2D eigenvalue weighted by Crippen LogP contribution is 2.40. The van der Waals surface area contributed by atoms with Crippen molar-refractivity contribution < 1.29 is 28.7 Å². The van der Waals surface area contributed by atoms with Gasteiger partial charge in [0.05, 0.1) is 30.3 Å². The Hall–Kier alpha value is -2.38. The highest BCUT2D eigenvalue weighted by Gasteiger charge is 2.42. The number of rotatable bonds is 5. The maximum atomic E-state index is 12.5. The van der Waals surface area contributed by atoms with Crippen molar-refractivity contribution in [1.82, 2.24) is 10.6 Å². The fraction of sp³-hybridized carbons (Fsp3) is 0.667. The number of urea groups is 1. The van der Waals surface area contributed by atoms with Gasteiger partial charge in [-0.25, -0.2) is 9.59 Å². The minimum absolute atomic E-state index is 0.0274. The average molecular weight is 364 g/mol. The number of esters is 2. The molecule has 2 N–H and O–H groups in total. The fourth-order valence-corrected chi connectivity index (χ4v) is 4.00. The Labute approximate surface area is 151 Å². The largest absolute Gasteiger partial charge is 0.463 e. The first-order chi connectivity index (χ1) is 12.5. The predicted octanol–water partition coefficient (Wildman–Crippen LogP) is 1.06. The fourth-order valence-electron chi connectivity index (χ4n) is 4.00. The van der Waals surface area contributed by atoms with Gasteiger partial charge >= 0.3 is 18.0 Å². The number of ether oxygens (including phenoxy) is 2.